The van der Waals surface area contributed by atoms with E-state index in [1.165, 1.54) is 0 Å². The molecule has 0 unspecified atom stereocenters. The standard InChI is InChI=1S/C17H18N6O2/c1-12-8-13(2)23(17(25)21-12)7-6-18-16(24)14-4-3-5-15(9-14)22-10-19-20-11-22/h3-5,8-11H,6-7H2,1-2H3,(H,18,24). The lowest BCUT2D eigenvalue weighted by Crippen LogP contribution is -2.33. The zero-order chi connectivity index (χ0) is 17.8. The van der Waals surface area contributed by atoms with Gasteiger partial charge in [0.05, 0.1) is 0 Å². The monoisotopic (exact) mass is 338 g/mol. The Kier molecular flexibility index (Phi) is 4.69. The third-order valence-corrected chi connectivity index (χ3v) is 3.79. The van der Waals surface area contributed by atoms with Gasteiger partial charge < -0.3 is 5.32 Å². The number of nitrogens with zero attached hydrogens (tertiary/aromatic N) is 5. The fraction of sp³-hybridized carbons (Fsp3) is 0.235. The molecule has 0 saturated heterocycles. The van der Waals surface area contributed by atoms with E-state index in [2.05, 4.69) is 20.5 Å². The predicted octanol–water partition coefficient (Wildman–Crippen LogP) is 0.871. The molecule has 8 nitrogen and oxygen atoms in total. The first-order valence-corrected chi connectivity index (χ1v) is 7.83. The number of nitrogens with one attached hydrogen (secondary N) is 1. The number of carbonyl (C=O) groups is 1. The van der Waals surface area contributed by atoms with Gasteiger partial charge in [-0.3, -0.25) is 13.9 Å². The molecule has 128 valence electrons. The zero-order valence-corrected chi connectivity index (χ0v) is 14.0. The molecule has 0 bridgehead atoms. The van der Waals surface area contributed by atoms with Crippen LogP contribution in [0.3, 0.4) is 0 Å². The van der Waals surface area contributed by atoms with Crippen LogP contribution in [0.2, 0.25) is 0 Å². The summed E-state index contributed by atoms with van der Waals surface area (Å²) in [5.41, 5.74) is 2.53. The first-order chi connectivity index (χ1) is 12.0. The van der Waals surface area contributed by atoms with Crippen LogP contribution in [0.4, 0.5) is 0 Å². The topological polar surface area (TPSA) is 94.7 Å². The zero-order valence-electron chi connectivity index (χ0n) is 14.0. The van der Waals surface area contributed by atoms with E-state index in [9.17, 15) is 9.59 Å². The maximum Gasteiger partial charge on any atom is 0.348 e. The number of carbonyl (C=O) groups excluding carboxylic acids is 1. The second-order valence-electron chi connectivity index (χ2n) is 5.65. The van der Waals surface area contributed by atoms with Gasteiger partial charge in [-0.05, 0) is 38.1 Å². The lowest BCUT2D eigenvalue weighted by Gasteiger charge is -2.11. The second kappa shape index (κ2) is 7.08. The lowest BCUT2D eigenvalue weighted by molar-refractivity contribution is 0.0952. The van der Waals surface area contributed by atoms with Gasteiger partial charge in [-0.1, -0.05) is 6.07 Å². The normalized spacial score (nSPS) is 10.6. The molecular weight excluding hydrogens is 320 g/mol. The number of aromatic nitrogens is 5. The Bertz CT molecular complexity index is 946. The Balaban J connectivity index is 1.66. The summed E-state index contributed by atoms with van der Waals surface area (Å²) in [7, 11) is 0. The van der Waals surface area contributed by atoms with Crippen molar-refractivity contribution < 1.29 is 4.79 Å². The maximum atomic E-state index is 12.3. The van der Waals surface area contributed by atoms with E-state index in [1.54, 1.807) is 46.9 Å². The molecule has 0 aliphatic heterocycles. The van der Waals surface area contributed by atoms with Crippen molar-refractivity contribution in [1.82, 2.24) is 29.6 Å². The van der Waals surface area contributed by atoms with Gasteiger partial charge in [0.15, 0.2) is 0 Å². The van der Waals surface area contributed by atoms with Crippen LogP contribution in [0.25, 0.3) is 5.69 Å². The molecule has 0 fully saturated rings. The van der Waals surface area contributed by atoms with Crippen molar-refractivity contribution in [1.29, 1.82) is 0 Å². The van der Waals surface area contributed by atoms with Crippen molar-refractivity contribution in [2.75, 3.05) is 6.54 Å². The SMILES string of the molecule is Cc1cc(C)n(CCNC(=O)c2cccc(-n3cnnc3)c2)c(=O)n1. The van der Waals surface area contributed by atoms with Crippen molar-refractivity contribution in [2.45, 2.75) is 20.4 Å². The van der Waals surface area contributed by atoms with Gasteiger partial charge >= 0.3 is 5.69 Å². The highest BCUT2D eigenvalue weighted by atomic mass is 16.2. The van der Waals surface area contributed by atoms with Gasteiger partial charge in [0.2, 0.25) is 0 Å². The van der Waals surface area contributed by atoms with E-state index < -0.39 is 0 Å². The number of hydrogen-bond acceptors (Lipinski definition) is 5. The summed E-state index contributed by atoms with van der Waals surface area (Å²) in [6.07, 6.45) is 3.13. The second-order valence-corrected chi connectivity index (χ2v) is 5.65. The van der Waals surface area contributed by atoms with E-state index in [-0.39, 0.29) is 11.6 Å². The van der Waals surface area contributed by atoms with Gasteiger partial charge in [-0.2, -0.15) is 4.98 Å². The summed E-state index contributed by atoms with van der Waals surface area (Å²) >= 11 is 0. The molecule has 0 radical (unpaired) electrons. The minimum atomic E-state index is -0.304. The molecular formula is C17H18N6O2. The fourth-order valence-corrected chi connectivity index (χ4v) is 2.57. The molecule has 0 atom stereocenters. The van der Waals surface area contributed by atoms with E-state index >= 15 is 0 Å². The van der Waals surface area contributed by atoms with Crippen molar-refractivity contribution in [2.24, 2.45) is 0 Å². The molecule has 0 saturated carbocycles. The summed E-state index contributed by atoms with van der Waals surface area (Å²) in [5.74, 6) is -0.208. The minimum absolute atomic E-state index is 0.208. The molecule has 3 aromatic rings. The quantitative estimate of drug-likeness (QED) is 0.745. The number of benzene rings is 1. The van der Waals surface area contributed by atoms with Crippen molar-refractivity contribution in [3.63, 3.8) is 0 Å². The highest BCUT2D eigenvalue weighted by Crippen LogP contribution is 2.09. The Labute approximate surface area is 144 Å². The molecule has 0 aliphatic carbocycles. The molecule has 1 amide bonds. The average Bonchev–Trinajstić information content (AvgIpc) is 3.11. The van der Waals surface area contributed by atoms with Gasteiger partial charge in [0.25, 0.3) is 5.91 Å². The Morgan fingerprint density at radius 1 is 1.16 bits per heavy atom. The largest absolute Gasteiger partial charge is 0.350 e. The molecule has 25 heavy (non-hydrogen) atoms. The van der Waals surface area contributed by atoms with Gasteiger partial charge in [0, 0.05) is 35.7 Å². The number of hydrogen-bond donors (Lipinski definition) is 1. The number of rotatable bonds is 5. The third kappa shape index (κ3) is 3.79. The van der Waals surface area contributed by atoms with Crippen molar-refractivity contribution >= 4 is 5.91 Å². The van der Waals surface area contributed by atoms with E-state index in [4.69, 9.17) is 0 Å². The maximum absolute atomic E-state index is 12.3. The lowest BCUT2D eigenvalue weighted by atomic mass is 10.2. The van der Waals surface area contributed by atoms with Gasteiger partial charge in [-0.15, -0.1) is 10.2 Å². The van der Waals surface area contributed by atoms with E-state index in [0.29, 0.717) is 24.3 Å². The average molecular weight is 338 g/mol. The summed E-state index contributed by atoms with van der Waals surface area (Å²) in [6, 6.07) is 8.98. The highest BCUT2D eigenvalue weighted by Gasteiger charge is 2.08. The molecule has 0 spiro atoms. The van der Waals surface area contributed by atoms with Gasteiger partial charge in [-0.25, -0.2) is 4.79 Å². The molecule has 8 heteroatoms. The number of aryl methyl sites for hydroxylation is 2. The molecule has 2 heterocycles. The van der Waals surface area contributed by atoms with Crippen LogP contribution in [-0.2, 0) is 6.54 Å². The van der Waals surface area contributed by atoms with Crippen molar-refractivity contribution in [3.05, 3.63) is 70.4 Å². The minimum Gasteiger partial charge on any atom is -0.350 e. The van der Waals surface area contributed by atoms with Crippen LogP contribution < -0.4 is 11.0 Å². The van der Waals surface area contributed by atoms with Crippen LogP contribution in [0, 0.1) is 13.8 Å². The predicted molar refractivity (Wildman–Crippen MR) is 91.7 cm³/mol. The Hall–Kier alpha value is -3.29. The summed E-state index contributed by atoms with van der Waals surface area (Å²) in [6.45, 7) is 4.33. The number of amides is 1. The first kappa shape index (κ1) is 16.6. The fourth-order valence-electron chi connectivity index (χ4n) is 2.57. The molecule has 0 aliphatic rings. The highest BCUT2D eigenvalue weighted by molar-refractivity contribution is 5.94. The van der Waals surface area contributed by atoms with Crippen LogP contribution in [0.15, 0.2) is 47.8 Å². The van der Waals surface area contributed by atoms with Crippen LogP contribution in [0.5, 0.6) is 0 Å². The Morgan fingerprint density at radius 2 is 1.92 bits per heavy atom. The first-order valence-electron chi connectivity index (χ1n) is 7.83. The summed E-state index contributed by atoms with van der Waals surface area (Å²) < 4.78 is 3.26. The molecule has 1 N–H and O–H groups in total. The van der Waals surface area contributed by atoms with E-state index in [1.807, 2.05) is 19.1 Å². The molecule has 3 rings (SSSR count). The van der Waals surface area contributed by atoms with Crippen LogP contribution >= 0.6 is 0 Å². The molecule has 1 aromatic carbocycles. The Morgan fingerprint density at radius 3 is 2.64 bits per heavy atom. The van der Waals surface area contributed by atoms with Gasteiger partial charge in [0.1, 0.15) is 12.7 Å². The molecule has 2 aromatic heterocycles. The van der Waals surface area contributed by atoms with Crippen LogP contribution in [0.1, 0.15) is 21.7 Å². The summed E-state index contributed by atoms with van der Waals surface area (Å²) in [4.78, 5) is 28.1. The smallest absolute Gasteiger partial charge is 0.348 e. The van der Waals surface area contributed by atoms with Crippen molar-refractivity contribution in [3.8, 4) is 5.69 Å². The summed E-state index contributed by atoms with van der Waals surface area (Å²) in [5, 5.41) is 10.3. The third-order valence-electron chi connectivity index (χ3n) is 3.79. The van der Waals surface area contributed by atoms with E-state index in [0.717, 1.165) is 11.4 Å². The van der Waals surface area contributed by atoms with Crippen LogP contribution in [-0.4, -0.2) is 36.8 Å².